The zero-order valence-corrected chi connectivity index (χ0v) is 12.8. The third-order valence-electron chi connectivity index (χ3n) is 4.30. The molecule has 3 heteroatoms. The Morgan fingerprint density at radius 2 is 1.76 bits per heavy atom. The Kier molecular flexibility index (Phi) is 4.73. The van der Waals surface area contributed by atoms with Gasteiger partial charge in [-0.1, -0.05) is 24.3 Å². The van der Waals surface area contributed by atoms with Gasteiger partial charge in [0.05, 0.1) is 6.26 Å². The third-order valence-corrected chi connectivity index (χ3v) is 4.30. The number of furan rings is 1. The first kappa shape index (κ1) is 14.4. The molecule has 1 fully saturated rings. The molecule has 0 unspecified atom stereocenters. The van der Waals surface area contributed by atoms with Crippen molar-refractivity contribution >= 4 is 0 Å². The van der Waals surface area contributed by atoms with Gasteiger partial charge in [0.25, 0.3) is 0 Å². The number of likely N-dealkylation sites (N-methyl/N-ethyl adjacent to an activating group) is 1. The SMILES string of the molecule is CN1CCN(CCCc2ccc(-c3ccco3)cc2)CC1. The summed E-state index contributed by atoms with van der Waals surface area (Å²) in [7, 11) is 2.21. The molecule has 3 rings (SSSR count). The van der Waals surface area contributed by atoms with Gasteiger partial charge >= 0.3 is 0 Å². The van der Waals surface area contributed by atoms with Crippen LogP contribution in [0.25, 0.3) is 11.3 Å². The quantitative estimate of drug-likeness (QED) is 0.841. The average Bonchev–Trinajstić information content (AvgIpc) is 3.04. The molecule has 0 amide bonds. The molecule has 2 aromatic rings. The van der Waals surface area contributed by atoms with E-state index >= 15 is 0 Å². The van der Waals surface area contributed by atoms with Gasteiger partial charge in [-0.15, -0.1) is 0 Å². The van der Waals surface area contributed by atoms with E-state index in [4.69, 9.17) is 4.42 Å². The first-order valence-corrected chi connectivity index (χ1v) is 7.85. The molecule has 1 aromatic carbocycles. The van der Waals surface area contributed by atoms with Gasteiger partial charge in [0, 0.05) is 31.7 Å². The van der Waals surface area contributed by atoms with E-state index < -0.39 is 0 Å². The predicted molar refractivity (Wildman–Crippen MR) is 86.4 cm³/mol. The van der Waals surface area contributed by atoms with Gasteiger partial charge < -0.3 is 14.2 Å². The Labute approximate surface area is 127 Å². The molecule has 1 saturated heterocycles. The van der Waals surface area contributed by atoms with E-state index in [-0.39, 0.29) is 0 Å². The lowest BCUT2D eigenvalue weighted by molar-refractivity contribution is 0.153. The van der Waals surface area contributed by atoms with Gasteiger partial charge in [-0.25, -0.2) is 0 Å². The van der Waals surface area contributed by atoms with Gasteiger partial charge in [-0.3, -0.25) is 0 Å². The number of piperazine rings is 1. The van der Waals surface area contributed by atoms with Crippen molar-refractivity contribution in [3.05, 3.63) is 48.2 Å². The maximum absolute atomic E-state index is 5.42. The molecule has 0 aliphatic carbocycles. The summed E-state index contributed by atoms with van der Waals surface area (Å²) in [6.45, 7) is 6.06. The number of aryl methyl sites for hydroxylation is 1. The summed E-state index contributed by atoms with van der Waals surface area (Å²) in [6.07, 6.45) is 4.12. The number of benzene rings is 1. The third kappa shape index (κ3) is 3.96. The summed E-state index contributed by atoms with van der Waals surface area (Å²) in [4.78, 5) is 4.99. The molecule has 2 heterocycles. The first-order valence-electron chi connectivity index (χ1n) is 7.85. The van der Waals surface area contributed by atoms with Crippen molar-refractivity contribution in [2.75, 3.05) is 39.8 Å². The van der Waals surface area contributed by atoms with Gasteiger partial charge in [0.2, 0.25) is 0 Å². The first-order chi connectivity index (χ1) is 10.3. The Morgan fingerprint density at radius 3 is 2.43 bits per heavy atom. The summed E-state index contributed by atoms with van der Waals surface area (Å²) in [5, 5.41) is 0. The maximum Gasteiger partial charge on any atom is 0.133 e. The minimum atomic E-state index is 0.944. The van der Waals surface area contributed by atoms with Crippen LogP contribution in [-0.4, -0.2) is 49.6 Å². The molecule has 0 radical (unpaired) electrons. The zero-order chi connectivity index (χ0) is 14.5. The van der Waals surface area contributed by atoms with Crippen LogP contribution in [0.1, 0.15) is 12.0 Å². The van der Waals surface area contributed by atoms with Crippen molar-refractivity contribution in [2.24, 2.45) is 0 Å². The van der Waals surface area contributed by atoms with Crippen LogP contribution in [0.2, 0.25) is 0 Å². The highest BCUT2D eigenvalue weighted by molar-refractivity contribution is 5.57. The Hall–Kier alpha value is -1.58. The van der Waals surface area contributed by atoms with Crippen LogP contribution in [-0.2, 0) is 6.42 Å². The predicted octanol–water partition coefficient (Wildman–Crippen LogP) is 3.13. The van der Waals surface area contributed by atoms with E-state index in [1.54, 1.807) is 6.26 Å². The summed E-state index contributed by atoms with van der Waals surface area (Å²) in [6, 6.07) is 12.7. The second-order valence-corrected chi connectivity index (χ2v) is 5.92. The molecule has 1 aliphatic heterocycles. The second kappa shape index (κ2) is 6.92. The molecule has 0 bridgehead atoms. The van der Waals surface area contributed by atoms with Crippen LogP contribution in [0.3, 0.4) is 0 Å². The fourth-order valence-corrected chi connectivity index (χ4v) is 2.86. The van der Waals surface area contributed by atoms with E-state index in [9.17, 15) is 0 Å². The molecule has 1 aliphatic rings. The lowest BCUT2D eigenvalue weighted by atomic mass is 10.1. The fourth-order valence-electron chi connectivity index (χ4n) is 2.86. The monoisotopic (exact) mass is 284 g/mol. The van der Waals surface area contributed by atoms with Crippen molar-refractivity contribution in [3.8, 4) is 11.3 Å². The van der Waals surface area contributed by atoms with E-state index in [1.165, 1.54) is 44.7 Å². The number of hydrogen-bond acceptors (Lipinski definition) is 3. The number of rotatable bonds is 5. The smallest absolute Gasteiger partial charge is 0.133 e. The number of hydrogen-bond donors (Lipinski definition) is 0. The lowest BCUT2D eigenvalue weighted by Gasteiger charge is -2.32. The molecular weight excluding hydrogens is 260 g/mol. The second-order valence-electron chi connectivity index (χ2n) is 5.92. The summed E-state index contributed by atoms with van der Waals surface area (Å²) in [5.41, 5.74) is 2.57. The zero-order valence-electron chi connectivity index (χ0n) is 12.8. The number of nitrogens with zero attached hydrogens (tertiary/aromatic N) is 2. The standard InChI is InChI=1S/C18H24N2O/c1-19-11-13-20(14-12-19)10-2-4-16-6-8-17(9-7-16)18-5-3-15-21-18/h3,5-9,15H,2,4,10-14H2,1H3. The van der Waals surface area contributed by atoms with E-state index in [2.05, 4.69) is 41.1 Å². The van der Waals surface area contributed by atoms with Crippen LogP contribution < -0.4 is 0 Å². The summed E-state index contributed by atoms with van der Waals surface area (Å²) in [5.74, 6) is 0.944. The van der Waals surface area contributed by atoms with Crippen molar-refractivity contribution in [2.45, 2.75) is 12.8 Å². The Bertz CT molecular complexity index is 525. The molecule has 0 N–H and O–H groups in total. The van der Waals surface area contributed by atoms with Gasteiger partial charge in [0.15, 0.2) is 0 Å². The Morgan fingerprint density at radius 1 is 1.00 bits per heavy atom. The van der Waals surface area contributed by atoms with Crippen LogP contribution in [0.4, 0.5) is 0 Å². The minimum absolute atomic E-state index is 0.944. The molecule has 3 nitrogen and oxygen atoms in total. The topological polar surface area (TPSA) is 19.6 Å². The van der Waals surface area contributed by atoms with Crippen molar-refractivity contribution in [1.29, 1.82) is 0 Å². The maximum atomic E-state index is 5.42. The van der Waals surface area contributed by atoms with Crippen molar-refractivity contribution in [1.82, 2.24) is 9.80 Å². The van der Waals surface area contributed by atoms with E-state index in [0.29, 0.717) is 0 Å². The van der Waals surface area contributed by atoms with Crippen molar-refractivity contribution < 1.29 is 4.42 Å². The van der Waals surface area contributed by atoms with Gasteiger partial charge in [-0.2, -0.15) is 0 Å². The van der Waals surface area contributed by atoms with Crippen LogP contribution >= 0.6 is 0 Å². The van der Waals surface area contributed by atoms with Crippen LogP contribution in [0.5, 0.6) is 0 Å². The van der Waals surface area contributed by atoms with Gasteiger partial charge in [-0.05, 0) is 44.1 Å². The summed E-state index contributed by atoms with van der Waals surface area (Å²) < 4.78 is 5.42. The summed E-state index contributed by atoms with van der Waals surface area (Å²) >= 11 is 0. The minimum Gasteiger partial charge on any atom is -0.464 e. The molecule has 0 spiro atoms. The molecule has 1 aromatic heterocycles. The highest BCUT2D eigenvalue weighted by Crippen LogP contribution is 2.20. The Balaban J connectivity index is 1.45. The molecule has 21 heavy (non-hydrogen) atoms. The van der Waals surface area contributed by atoms with E-state index in [1.807, 2.05) is 12.1 Å². The largest absolute Gasteiger partial charge is 0.464 e. The molecule has 0 saturated carbocycles. The average molecular weight is 284 g/mol. The molecular formula is C18H24N2O. The van der Waals surface area contributed by atoms with Crippen LogP contribution in [0.15, 0.2) is 47.1 Å². The molecule has 112 valence electrons. The van der Waals surface area contributed by atoms with Crippen molar-refractivity contribution in [3.63, 3.8) is 0 Å². The normalized spacial score (nSPS) is 17.2. The molecule has 0 atom stereocenters. The van der Waals surface area contributed by atoms with Crippen LogP contribution in [0, 0.1) is 0 Å². The fraction of sp³-hybridized carbons (Fsp3) is 0.444. The highest BCUT2D eigenvalue weighted by Gasteiger charge is 2.12. The lowest BCUT2D eigenvalue weighted by Crippen LogP contribution is -2.44. The van der Waals surface area contributed by atoms with Gasteiger partial charge in [0.1, 0.15) is 5.76 Å². The highest BCUT2D eigenvalue weighted by atomic mass is 16.3. The van der Waals surface area contributed by atoms with E-state index in [0.717, 1.165) is 17.7 Å².